The van der Waals surface area contributed by atoms with Gasteiger partial charge in [-0.05, 0) is 50.3 Å². The summed E-state index contributed by atoms with van der Waals surface area (Å²) in [6, 6.07) is 3.87. The van der Waals surface area contributed by atoms with E-state index in [9.17, 15) is 21.6 Å². The minimum Gasteiger partial charge on any atom is -0.392 e. The number of nitrogens with zero attached hydrogens (tertiary/aromatic N) is 1. The first-order valence-electron chi connectivity index (χ1n) is 8.25. The van der Waals surface area contributed by atoms with Crippen molar-refractivity contribution in [2.45, 2.75) is 57.1 Å². The molecule has 10 heteroatoms. The van der Waals surface area contributed by atoms with E-state index >= 15 is 0 Å². The number of alkyl halides is 3. The van der Waals surface area contributed by atoms with Crippen molar-refractivity contribution in [1.29, 1.82) is 0 Å². The van der Waals surface area contributed by atoms with Crippen molar-refractivity contribution < 1.29 is 26.4 Å². The van der Waals surface area contributed by atoms with E-state index < -0.39 is 15.5 Å². The standard InChI is InChI=1S/C16H20ClF3N2O3S/c1-2-5-14(21-25-12-6-3-4-7-12)13-10-11(17)8-9-15(13)22-26(23,24)16(18,19)20/h8-10,12,22H,2-7H2,1H3. The molecule has 146 valence electrons. The second kappa shape index (κ2) is 8.47. The molecule has 0 heterocycles. The van der Waals surface area contributed by atoms with Gasteiger partial charge in [0.1, 0.15) is 6.10 Å². The molecule has 0 radical (unpaired) electrons. The molecule has 0 aromatic heterocycles. The minimum atomic E-state index is -5.55. The summed E-state index contributed by atoms with van der Waals surface area (Å²) in [6.07, 6.45) is 4.82. The zero-order valence-corrected chi connectivity index (χ0v) is 15.7. The number of benzene rings is 1. The normalized spacial score (nSPS) is 16.7. The molecule has 0 bridgehead atoms. The highest BCUT2D eigenvalue weighted by atomic mass is 35.5. The van der Waals surface area contributed by atoms with Gasteiger partial charge in [0.15, 0.2) is 0 Å². The SMILES string of the molecule is CCCC(=NOC1CCCC1)c1cc(Cl)ccc1NS(=O)(=O)C(F)(F)F. The van der Waals surface area contributed by atoms with Gasteiger partial charge < -0.3 is 4.84 Å². The fourth-order valence-corrected chi connectivity index (χ4v) is 3.40. The Morgan fingerprint density at radius 2 is 2.00 bits per heavy atom. The van der Waals surface area contributed by atoms with Gasteiger partial charge in [-0.3, -0.25) is 4.72 Å². The molecule has 1 aromatic rings. The smallest absolute Gasteiger partial charge is 0.392 e. The van der Waals surface area contributed by atoms with Crippen LogP contribution in [0.1, 0.15) is 51.0 Å². The molecule has 5 nitrogen and oxygen atoms in total. The van der Waals surface area contributed by atoms with Gasteiger partial charge in [-0.2, -0.15) is 21.6 Å². The number of oxime groups is 1. The second-order valence-corrected chi connectivity index (χ2v) is 8.15. The molecule has 1 aliphatic carbocycles. The molecule has 1 saturated carbocycles. The summed E-state index contributed by atoms with van der Waals surface area (Å²) in [5.41, 5.74) is -5.15. The van der Waals surface area contributed by atoms with E-state index in [-0.39, 0.29) is 22.4 Å². The molecule has 1 aromatic carbocycles. The van der Waals surface area contributed by atoms with Crippen molar-refractivity contribution in [3.05, 3.63) is 28.8 Å². The first-order valence-corrected chi connectivity index (χ1v) is 10.1. The van der Waals surface area contributed by atoms with Gasteiger partial charge in [-0.25, -0.2) is 0 Å². The van der Waals surface area contributed by atoms with Crippen LogP contribution in [0.4, 0.5) is 18.9 Å². The Kier molecular flexibility index (Phi) is 6.79. The van der Waals surface area contributed by atoms with Gasteiger partial charge >= 0.3 is 15.5 Å². The first-order chi connectivity index (χ1) is 12.1. The van der Waals surface area contributed by atoms with Gasteiger partial charge in [0.25, 0.3) is 0 Å². The molecular weight excluding hydrogens is 393 g/mol. The Morgan fingerprint density at radius 1 is 1.35 bits per heavy atom. The Hall–Kier alpha value is -1.48. The lowest BCUT2D eigenvalue weighted by atomic mass is 10.0. The molecule has 1 N–H and O–H groups in total. The summed E-state index contributed by atoms with van der Waals surface area (Å²) in [7, 11) is -5.55. The maximum atomic E-state index is 12.7. The van der Waals surface area contributed by atoms with E-state index in [0.29, 0.717) is 18.6 Å². The van der Waals surface area contributed by atoms with Crippen LogP contribution < -0.4 is 4.72 Å². The predicted octanol–water partition coefficient (Wildman–Crippen LogP) is 5.06. The molecule has 26 heavy (non-hydrogen) atoms. The average Bonchev–Trinajstić information content (AvgIpc) is 3.05. The Bertz CT molecular complexity index is 760. The van der Waals surface area contributed by atoms with Crippen molar-refractivity contribution in [3.63, 3.8) is 0 Å². The van der Waals surface area contributed by atoms with Crippen LogP contribution in [0.3, 0.4) is 0 Å². The van der Waals surface area contributed by atoms with E-state index in [2.05, 4.69) is 5.16 Å². The van der Waals surface area contributed by atoms with Crippen LogP contribution in [-0.2, 0) is 14.9 Å². The number of anilines is 1. The summed E-state index contributed by atoms with van der Waals surface area (Å²) in [6.45, 7) is 1.87. The predicted molar refractivity (Wildman–Crippen MR) is 94.8 cm³/mol. The maximum Gasteiger partial charge on any atom is 0.516 e. The number of sulfonamides is 1. The molecular formula is C16H20ClF3N2O3S. The maximum absolute atomic E-state index is 12.7. The summed E-state index contributed by atoms with van der Waals surface area (Å²) >= 11 is 5.95. The monoisotopic (exact) mass is 412 g/mol. The highest BCUT2D eigenvalue weighted by Crippen LogP contribution is 2.30. The van der Waals surface area contributed by atoms with E-state index in [1.807, 2.05) is 6.92 Å². The van der Waals surface area contributed by atoms with Crippen molar-refractivity contribution >= 4 is 33.0 Å². The number of hydrogen-bond acceptors (Lipinski definition) is 4. The van der Waals surface area contributed by atoms with Crippen LogP contribution >= 0.6 is 11.6 Å². The lowest BCUT2D eigenvalue weighted by Crippen LogP contribution is -2.30. The first kappa shape index (κ1) is 20.8. The Balaban J connectivity index is 2.37. The van der Waals surface area contributed by atoms with Crippen LogP contribution in [0, 0.1) is 0 Å². The van der Waals surface area contributed by atoms with Crippen molar-refractivity contribution in [1.82, 2.24) is 0 Å². The Labute approximate surface area is 155 Å². The Morgan fingerprint density at radius 3 is 2.58 bits per heavy atom. The van der Waals surface area contributed by atoms with Gasteiger partial charge in [-0.15, -0.1) is 0 Å². The molecule has 0 atom stereocenters. The van der Waals surface area contributed by atoms with Crippen molar-refractivity contribution in [3.8, 4) is 0 Å². The third kappa shape index (κ3) is 5.26. The van der Waals surface area contributed by atoms with Crippen LogP contribution in [0.5, 0.6) is 0 Å². The highest BCUT2D eigenvalue weighted by molar-refractivity contribution is 7.93. The molecule has 2 rings (SSSR count). The summed E-state index contributed by atoms with van der Waals surface area (Å²) in [5.74, 6) is 0. The van der Waals surface area contributed by atoms with Crippen LogP contribution in [0.15, 0.2) is 23.4 Å². The summed E-state index contributed by atoms with van der Waals surface area (Å²) in [5, 5.41) is 4.35. The largest absolute Gasteiger partial charge is 0.516 e. The van der Waals surface area contributed by atoms with Gasteiger partial charge in [0, 0.05) is 10.6 Å². The number of halogens is 4. The van der Waals surface area contributed by atoms with E-state index in [1.54, 1.807) is 4.72 Å². The zero-order chi connectivity index (χ0) is 19.4. The molecule has 0 unspecified atom stereocenters. The average molecular weight is 413 g/mol. The van der Waals surface area contributed by atoms with Gasteiger partial charge in [0.05, 0.1) is 11.4 Å². The van der Waals surface area contributed by atoms with Crippen molar-refractivity contribution in [2.24, 2.45) is 5.16 Å². The molecule has 0 amide bonds. The summed E-state index contributed by atoms with van der Waals surface area (Å²) in [4.78, 5) is 5.51. The number of hydrogen-bond donors (Lipinski definition) is 1. The van der Waals surface area contributed by atoms with Crippen molar-refractivity contribution in [2.75, 3.05) is 4.72 Å². The molecule has 0 spiro atoms. The second-order valence-electron chi connectivity index (χ2n) is 6.04. The van der Waals surface area contributed by atoms with E-state index in [0.717, 1.165) is 25.7 Å². The lowest BCUT2D eigenvalue weighted by Gasteiger charge is -2.16. The molecule has 0 saturated heterocycles. The quantitative estimate of drug-likeness (QED) is 0.502. The molecule has 1 aliphatic rings. The fourth-order valence-electron chi connectivity index (χ4n) is 2.65. The third-order valence-corrected chi connectivity index (χ3v) is 5.28. The van der Waals surface area contributed by atoms with Crippen LogP contribution in [0.2, 0.25) is 5.02 Å². The fraction of sp³-hybridized carbons (Fsp3) is 0.562. The molecule has 0 aliphatic heterocycles. The van der Waals surface area contributed by atoms with Gasteiger partial charge in [0.2, 0.25) is 0 Å². The lowest BCUT2D eigenvalue weighted by molar-refractivity contribution is -0.0429. The van der Waals surface area contributed by atoms with Crippen LogP contribution in [0.25, 0.3) is 0 Å². The minimum absolute atomic E-state index is 0.0312. The topological polar surface area (TPSA) is 67.8 Å². The van der Waals surface area contributed by atoms with Crippen LogP contribution in [-0.4, -0.2) is 25.7 Å². The molecule has 1 fully saturated rings. The zero-order valence-electron chi connectivity index (χ0n) is 14.1. The van der Waals surface area contributed by atoms with E-state index in [1.165, 1.54) is 18.2 Å². The van der Waals surface area contributed by atoms with E-state index in [4.69, 9.17) is 16.4 Å². The van der Waals surface area contributed by atoms with Gasteiger partial charge in [-0.1, -0.05) is 30.1 Å². The third-order valence-electron chi connectivity index (χ3n) is 3.94. The number of nitrogens with one attached hydrogen (secondary N) is 1. The number of rotatable bonds is 7. The summed E-state index contributed by atoms with van der Waals surface area (Å²) < 4.78 is 62.6. The highest BCUT2D eigenvalue weighted by Gasteiger charge is 2.46.